The fourth-order valence-electron chi connectivity index (χ4n) is 2.45. The fourth-order valence-corrected chi connectivity index (χ4v) is 2.45. The lowest BCUT2D eigenvalue weighted by molar-refractivity contribution is -0.116. The minimum absolute atomic E-state index is 0.0125. The van der Waals surface area contributed by atoms with Crippen LogP contribution in [0.15, 0.2) is 53.6 Å². The molecule has 0 spiro atoms. The lowest BCUT2D eigenvalue weighted by atomic mass is 10.2. The van der Waals surface area contributed by atoms with Crippen LogP contribution in [-0.2, 0) is 11.3 Å². The number of phenols is 1. The van der Waals surface area contributed by atoms with Gasteiger partial charge in [-0.05, 0) is 36.8 Å². The Bertz CT molecular complexity index is 963. The molecule has 0 unspecified atom stereocenters. The number of carbonyl (C=O) groups excluding carboxylic acids is 1. The number of aryl methyl sites for hydroxylation is 2. The molecule has 0 saturated carbocycles. The van der Waals surface area contributed by atoms with E-state index >= 15 is 0 Å². The van der Waals surface area contributed by atoms with E-state index in [1.165, 1.54) is 17.0 Å². The number of benzene rings is 2. The van der Waals surface area contributed by atoms with Gasteiger partial charge in [-0.1, -0.05) is 18.2 Å². The molecular weight excluding hydrogens is 306 g/mol. The summed E-state index contributed by atoms with van der Waals surface area (Å²) in [5, 5.41) is 12.9. The molecule has 1 heterocycles. The lowest BCUT2D eigenvalue weighted by Crippen LogP contribution is -2.23. The molecule has 0 saturated heterocycles. The van der Waals surface area contributed by atoms with Gasteiger partial charge in [0.2, 0.25) is 5.91 Å². The molecule has 6 nitrogen and oxygen atoms in total. The Morgan fingerprint density at radius 3 is 2.88 bits per heavy atom. The summed E-state index contributed by atoms with van der Waals surface area (Å²) in [7, 11) is 0. The molecule has 2 N–H and O–H groups in total. The Hall–Kier alpha value is -3.15. The number of anilines is 1. The third kappa shape index (κ3) is 3.27. The Morgan fingerprint density at radius 2 is 2.04 bits per heavy atom. The molecule has 6 heteroatoms. The highest BCUT2D eigenvalue weighted by molar-refractivity contribution is 5.92. The first-order chi connectivity index (χ1) is 11.5. The summed E-state index contributed by atoms with van der Waals surface area (Å²) in [6.45, 7) is 2.09. The topological polar surface area (TPSA) is 84.2 Å². The number of hydrogen-bond acceptors (Lipinski definition) is 4. The van der Waals surface area contributed by atoms with Gasteiger partial charge in [-0.25, -0.2) is 4.98 Å². The number of para-hydroxylation sites is 1. The second-order valence-corrected chi connectivity index (χ2v) is 5.58. The van der Waals surface area contributed by atoms with E-state index in [0.717, 1.165) is 5.56 Å². The zero-order chi connectivity index (χ0) is 17.1. The molecule has 24 heavy (non-hydrogen) atoms. The Kier molecular flexibility index (Phi) is 4.29. The number of nitrogens with zero attached hydrogens (tertiary/aromatic N) is 2. The SMILES string of the molecule is Cc1ccc(O)c(NC(=O)CCn2cnc3ccccc3c2=O)c1. The number of nitrogens with one attached hydrogen (secondary N) is 1. The van der Waals surface area contributed by atoms with E-state index in [4.69, 9.17) is 0 Å². The van der Waals surface area contributed by atoms with Gasteiger partial charge in [0, 0.05) is 13.0 Å². The Labute approximate surface area is 138 Å². The lowest BCUT2D eigenvalue weighted by Gasteiger charge is -2.09. The largest absolute Gasteiger partial charge is 0.506 e. The number of phenolic OH excluding ortho intramolecular Hbond substituents is 1. The van der Waals surface area contributed by atoms with E-state index in [9.17, 15) is 14.7 Å². The third-order valence-corrected chi connectivity index (χ3v) is 3.74. The fraction of sp³-hybridized carbons (Fsp3) is 0.167. The van der Waals surface area contributed by atoms with Crippen LogP contribution in [0.5, 0.6) is 5.75 Å². The normalized spacial score (nSPS) is 10.7. The first-order valence-corrected chi connectivity index (χ1v) is 7.58. The number of amides is 1. The monoisotopic (exact) mass is 323 g/mol. The molecule has 1 aromatic heterocycles. The summed E-state index contributed by atoms with van der Waals surface area (Å²) in [5.41, 5.74) is 1.75. The van der Waals surface area contributed by atoms with Crippen molar-refractivity contribution in [3.05, 3.63) is 64.7 Å². The van der Waals surface area contributed by atoms with Gasteiger partial charge in [-0.15, -0.1) is 0 Å². The molecule has 3 aromatic rings. The van der Waals surface area contributed by atoms with Crippen molar-refractivity contribution in [1.82, 2.24) is 9.55 Å². The summed E-state index contributed by atoms with van der Waals surface area (Å²) in [5.74, 6) is -0.269. The zero-order valence-corrected chi connectivity index (χ0v) is 13.2. The van der Waals surface area contributed by atoms with Crippen LogP contribution in [-0.4, -0.2) is 20.6 Å². The maximum Gasteiger partial charge on any atom is 0.261 e. The Balaban J connectivity index is 1.71. The van der Waals surface area contributed by atoms with Gasteiger partial charge in [-0.2, -0.15) is 0 Å². The van der Waals surface area contributed by atoms with Crippen LogP contribution < -0.4 is 10.9 Å². The van der Waals surface area contributed by atoms with Gasteiger partial charge in [0.15, 0.2) is 0 Å². The van der Waals surface area contributed by atoms with Crippen molar-refractivity contribution in [2.24, 2.45) is 0 Å². The first-order valence-electron chi connectivity index (χ1n) is 7.58. The number of rotatable bonds is 4. The van der Waals surface area contributed by atoms with Crippen molar-refractivity contribution >= 4 is 22.5 Å². The predicted molar refractivity (Wildman–Crippen MR) is 92.1 cm³/mol. The number of carbonyl (C=O) groups is 1. The van der Waals surface area contributed by atoms with E-state index in [-0.39, 0.29) is 30.2 Å². The van der Waals surface area contributed by atoms with Crippen LogP contribution in [0.2, 0.25) is 0 Å². The summed E-state index contributed by atoms with van der Waals surface area (Å²) < 4.78 is 1.41. The number of hydrogen-bond donors (Lipinski definition) is 2. The van der Waals surface area contributed by atoms with Crippen LogP contribution in [0.25, 0.3) is 10.9 Å². The van der Waals surface area contributed by atoms with E-state index < -0.39 is 0 Å². The highest BCUT2D eigenvalue weighted by atomic mass is 16.3. The molecule has 122 valence electrons. The zero-order valence-electron chi connectivity index (χ0n) is 13.2. The van der Waals surface area contributed by atoms with Crippen molar-refractivity contribution in [2.75, 3.05) is 5.32 Å². The van der Waals surface area contributed by atoms with E-state index in [2.05, 4.69) is 10.3 Å². The molecule has 0 aliphatic carbocycles. The molecule has 3 rings (SSSR count). The molecule has 0 aliphatic heterocycles. The standard InChI is InChI=1S/C18H17N3O3/c1-12-6-7-16(22)15(10-12)20-17(23)8-9-21-11-19-14-5-3-2-4-13(14)18(21)24/h2-7,10-11,22H,8-9H2,1H3,(H,20,23). The van der Waals surface area contributed by atoms with E-state index in [1.54, 1.807) is 30.3 Å². The van der Waals surface area contributed by atoms with Crippen molar-refractivity contribution in [3.8, 4) is 5.75 Å². The molecule has 1 amide bonds. The highest BCUT2D eigenvalue weighted by Gasteiger charge is 2.09. The minimum atomic E-state index is -0.282. The Morgan fingerprint density at radius 1 is 1.25 bits per heavy atom. The average Bonchev–Trinajstić information content (AvgIpc) is 2.58. The van der Waals surface area contributed by atoms with E-state index in [0.29, 0.717) is 16.6 Å². The van der Waals surface area contributed by atoms with Crippen molar-refractivity contribution in [1.29, 1.82) is 0 Å². The second-order valence-electron chi connectivity index (χ2n) is 5.58. The third-order valence-electron chi connectivity index (χ3n) is 3.74. The summed E-state index contributed by atoms with van der Waals surface area (Å²) in [6, 6.07) is 12.1. The van der Waals surface area contributed by atoms with Crippen LogP contribution in [0, 0.1) is 6.92 Å². The van der Waals surface area contributed by atoms with E-state index in [1.807, 2.05) is 13.0 Å². The maximum absolute atomic E-state index is 12.3. The smallest absolute Gasteiger partial charge is 0.261 e. The van der Waals surface area contributed by atoms with Gasteiger partial charge in [0.1, 0.15) is 5.75 Å². The summed E-state index contributed by atoms with van der Waals surface area (Å²) in [4.78, 5) is 28.6. The molecule has 2 aromatic carbocycles. The maximum atomic E-state index is 12.3. The molecule has 0 radical (unpaired) electrons. The van der Waals surface area contributed by atoms with Crippen LogP contribution in [0.4, 0.5) is 5.69 Å². The highest BCUT2D eigenvalue weighted by Crippen LogP contribution is 2.23. The molecular formula is C18H17N3O3. The predicted octanol–water partition coefficient (Wildman–Crippen LogP) is 2.44. The van der Waals surface area contributed by atoms with Gasteiger partial charge in [-0.3, -0.25) is 14.2 Å². The minimum Gasteiger partial charge on any atom is -0.506 e. The van der Waals surface area contributed by atoms with Gasteiger partial charge in [0.05, 0.1) is 22.9 Å². The number of fused-ring (bicyclic) bond motifs is 1. The second kappa shape index (κ2) is 6.54. The number of aromatic hydroxyl groups is 1. The van der Waals surface area contributed by atoms with Crippen molar-refractivity contribution in [3.63, 3.8) is 0 Å². The van der Waals surface area contributed by atoms with Gasteiger partial charge >= 0.3 is 0 Å². The van der Waals surface area contributed by atoms with Crippen molar-refractivity contribution in [2.45, 2.75) is 19.9 Å². The van der Waals surface area contributed by atoms with Crippen LogP contribution >= 0.6 is 0 Å². The summed E-state index contributed by atoms with van der Waals surface area (Å²) >= 11 is 0. The molecule has 0 bridgehead atoms. The van der Waals surface area contributed by atoms with Gasteiger partial charge < -0.3 is 10.4 Å². The molecule has 0 aliphatic rings. The summed E-state index contributed by atoms with van der Waals surface area (Å²) in [6.07, 6.45) is 1.55. The number of aromatic nitrogens is 2. The quantitative estimate of drug-likeness (QED) is 0.722. The van der Waals surface area contributed by atoms with Gasteiger partial charge in [0.25, 0.3) is 5.56 Å². The average molecular weight is 323 g/mol. The molecule has 0 atom stereocenters. The van der Waals surface area contributed by atoms with Crippen LogP contribution in [0.1, 0.15) is 12.0 Å². The van der Waals surface area contributed by atoms with Crippen LogP contribution in [0.3, 0.4) is 0 Å². The first kappa shape index (κ1) is 15.7. The van der Waals surface area contributed by atoms with Crippen molar-refractivity contribution < 1.29 is 9.90 Å². The molecule has 0 fully saturated rings.